The normalized spacial score (nSPS) is 22.4. The van der Waals surface area contributed by atoms with Gasteiger partial charge < -0.3 is 10.1 Å². The molecule has 0 radical (unpaired) electrons. The molecule has 0 aliphatic carbocycles. The summed E-state index contributed by atoms with van der Waals surface area (Å²) in [5.74, 6) is -0.0840. The van der Waals surface area contributed by atoms with Crippen molar-refractivity contribution in [1.29, 1.82) is 0 Å². The van der Waals surface area contributed by atoms with E-state index in [0.29, 0.717) is 11.6 Å². The van der Waals surface area contributed by atoms with E-state index in [1.54, 1.807) is 0 Å². The molecule has 1 aromatic rings. The van der Waals surface area contributed by atoms with E-state index in [4.69, 9.17) is 16.3 Å². The molecule has 1 N–H and O–H groups in total. The summed E-state index contributed by atoms with van der Waals surface area (Å²) in [6.07, 6.45) is 2.75. The third-order valence-electron chi connectivity index (χ3n) is 3.66. The Balaban J connectivity index is 1.96. The van der Waals surface area contributed by atoms with Gasteiger partial charge in [0, 0.05) is 11.6 Å². The Labute approximate surface area is 119 Å². The van der Waals surface area contributed by atoms with Gasteiger partial charge in [0.1, 0.15) is 6.61 Å². The summed E-state index contributed by atoms with van der Waals surface area (Å²) < 4.78 is 5.49. The fourth-order valence-corrected chi connectivity index (χ4v) is 2.85. The van der Waals surface area contributed by atoms with Crippen molar-refractivity contribution >= 4 is 17.6 Å². The first kappa shape index (κ1) is 14.4. The fraction of sp³-hybridized carbons (Fsp3) is 0.533. The van der Waals surface area contributed by atoms with E-state index < -0.39 is 0 Å². The van der Waals surface area contributed by atoms with Crippen molar-refractivity contribution in [2.45, 2.75) is 32.8 Å². The van der Waals surface area contributed by atoms with Gasteiger partial charge in [-0.25, -0.2) is 0 Å². The standard InChI is InChI=1S/C15H20ClNO2/c1-2-6-15(7-8-17-11-15)14(18)19-10-12-4-3-5-13(16)9-12/h3-5,9,17H,2,6-8,10-11H2,1H3. The SMILES string of the molecule is CCCC1(C(=O)OCc2cccc(Cl)c2)CCNC1. The fourth-order valence-electron chi connectivity index (χ4n) is 2.64. The highest BCUT2D eigenvalue weighted by atomic mass is 35.5. The van der Waals surface area contributed by atoms with Crippen LogP contribution in [0.15, 0.2) is 24.3 Å². The van der Waals surface area contributed by atoms with Crippen molar-refractivity contribution in [1.82, 2.24) is 5.32 Å². The van der Waals surface area contributed by atoms with Crippen LogP contribution >= 0.6 is 11.6 Å². The average Bonchev–Trinajstić information content (AvgIpc) is 2.86. The molecule has 0 saturated carbocycles. The van der Waals surface area contributed by atoms with Gasteiger partial charge >= 0.3 is 5.97 Å². The molecule has 0 amide bonds. The smallest absolute Gasteiger partial charge is 0.313 e. The van der Waals surface area contributed by atoms with Gasteiger partial charge in [-0.15, -0.1) is 0 Å². The summed E-state index contributed by atoms with van der Waals surface area (Å²) in [6.45, 7) is 4.02. The largest absolute Gasteiger partial charge is 0.460 e. The van der Waals surface area contributed by atoms with Gasteiger partial charge in [0.2, 0.25) is 0 Å². The van der Waals surface area contributed by atoms with Crippen LogP contribution in [-0.4, -0.2) is 19.1 Å². The summed E-state index contributed by atoms with van der Waals surface area (Å²) in [4.78, 5) is 12.3. The molecule has 4 heteroatoms. The molecule has 1 unspecified atom stereocenters. The van der Waals surface area contributed by atoms with Crippen LogP contribution in [0.1, 0.15) is 31.7 Å². The number of ether oxygens (including phenoxy) is 1. The van der Waals surface area contributed by atoms with Crippen molar-refractivity contribution in [3.8, 4) is 0 Å². The first-order chi connectivity index (χ1) is 9.16. The third kappa shape index (κ3) is 3.48. The zero-order valence-corrected chi connectivity index (χ0v) is 12.0. The maximum absolute atomic E-state index is 12.3. The number of hydrogen-bond acceptors (Lipinski definition) is 3. The molecule has 1 aliphatic heterocycles. The Bertz CT molecular complexity index is 442. The topological polar surface area (TPSA) is 38.3 Å². The van der Waals surface area contributed by atoms with Crippen molar-refractivity contribution in [3.63, 3.8) is 0 Å². The van der Waals surface area contributed by atoms with Crippen LogP contribution in [0.25, 0.3) is 0 Å². The number of benzene rings is 1. The Morgan fingerprint density at radius 2 is 2.37 bits per heavy atom. The molecule has 1 fully saturated rings. The molecule has 3 nitrogen and oxygen atoms in total. The molecule has 1 heterocycles. The molecule has 0 aromatic heterocycles. The van der Waals surface area contributed by atoms with Crippen LogP contribution in [0.5, 0.6) is 0 Å². The first-order valence-corrected chi connectivity index (χ1v) is 7.16. The van der Waals surface area contributed by atoms with Gasteiger partial charge in [-0.05, 0) is 37.1 Å². The van der Waals surface area contributed by atoms with Crippen LogP contribution < -0.4 is 5.32 Å². The molecule has 19 heavy (non-hydrogen) atoms. The molecule has 104 valence electrons. The van der Waals surface area contributed by atoms with Gasteiger partial charge in [0.15, 0.2) is 0 Å². The summed E-state index contributed by atoms with van der Waals surface area (Å²) in [5, 5.41) is 3.93. The van der Waals surface area contributed by atoms with Crippen molar-refractivity contribution in [3.05, 3.63) is 34.9 Å². The Morgan fingerprint density at radius 3 is 3.00 bits per heavy atom. The van der Waals surface area contributed by atoms with E-state index in [9.17, 15) is 4.79 Å². The lowest BCUT2D eigenvalue weighted by atomic mass is 9.82. The number of carbonyl (C=O) groups is 1. The second-order valence-corrected chi connectivity index (χ2v) is 5.60. The van der Waals surface area contributed by atoms with Crippen LogP contribution in [-0.2, 0) is 16.1 Å². The second kappa shape index (κ2) is 6.40. The predicted octanol–water partition coefficient (Wildman–Crippen LogP) is 3.16. The zero-order valence-electron chi connectivity index (χ0n) is 11.2. The van der Waals surface area contributed by atoms with Crippen molar-refractivity contribution < 1.29 is 9.53 Å². The summed E-state index contributed by atoms with van der Waals surface area (Å²) in [6, 6.07) is 7.42. The maximum Gasteiger partial charge on any atom is 0.313 e. The van der Waals surface area contributed by atoms with Gasteiger partial charge in [0.25, 0.3) is 0 Å². The van der Waals surface area contributed by atoms with E-state index in [2.05, 4.69) is 12.2 Å². The zero-order chi connectivity index (χ0) is 13.7. The lowest BCUT2D eigenvalue weighted by Gasteiger charge is -2.25. The quantitative estimate of drug-likeness (QED) is 0.843. The second-order valence-electron chi connectivity index (χ2n) is 5.16. The van der Waals surface area contributed by atoms with Gasteiger partial charge in [-0.2, -0.15) is 0 Å². The minimum Gasteiger partial charge on any atom is -0.460 e. The number of esters is 1. The van der Waals surface area contributed by atoms with E-state index >= 15 is 0 Å². The first-order valence-electron chi connectivity index (χ1n) is 6.79. The predicted molar refractivity (Wildman–Crippen MR) is 76.1 cm³/mol. The molecule has 1 atom stereocenters. The van der Waals surface area contributed by atoms with Crippen molar-refractivity contribution in [2.75, 3.05) is 13.1 Å². The number of rotatable bonds is 5. The minimum absolute atomic E-state index is 0.0840. The van der Waals surface area contributed by atoms with E-state index in [-0.39, 0.29) is 11.4 Å². The molecule has 0 spiro atoms. The number of hydrogen-bond donors (Lipinski definition) is 1. The Morgan fingerprint density at radius 1 is 1.53 bits per heavy atom. The monoisotopic (exact) mass is 281 g/mol. The molecular weight excluding hydrogens is 262 g/mol. The van der Waals surface area contributed by atoms with Gasteiger partial charge in [-0.3, -0.25) is 4.79 Å². The van der Waals surface area contributed by atoms with Crippen LogP contribution in [0.2, 0.25) is 5.02 Å². The van der Waals surface area contributed by atoms with Gasteiger partial charge in [0.05, 0.1) is 5.41 Å². The summed E-state index contributed by atoms with van der Waals surface area (Å²) in [7, 11) is 0. The highest BCUT2D eigenvalue weighted by Gasteiger charge is 2.41. The lowest BCUT2D eigenvalue weighted by Crippen LogP contribution is -2.35. The number of nitrogens with one attached hydrogen (secondary N) is 1. The number of halogens is 1. The summed E-state index contributed by atoms with van der Waals surface area (Å²) in [5.41, 5.74) is 0.603. The molecular formula is C15H20ClNO2. The van der Waals surface area contributed by atoms with Crippen LogP contribution in [0, 0.1) is 5.41 Å². The Hall–Kier alpha value is -1.06. The highest BCUT2D eigenvalue weighted by molar-refractivity contribution is 6.30. The number of carbonyl (C=O) groups excluding carboxylic acids is 1. The van der Waals surface area contributed by atoms with E-state index in [1.807, 2.05) is 24.3 Å². The molecule has 1 saturated heterocycles. The molecule has 2 rings (SSSR count). The minimum atomic E-state index is -0.326. The van der Waals surface area contributed by atoms with Crippen molar-refractivity contribution in [2.24, 2.45) is 5.41 Å². The lowest BCUT2D eigenvalue weighted by molar-refractivity contribution is -0.156. The van der Waals surface area contributed by atoms with E-state index in [0.717, 1.165) is 37.9 Å². The summed E-state index contributed by atoms with van der Waals surface area (Å²) >= 11 is 5.91. The van der Waals surface area contributed by atoms with Crippen LogP contribution in [0.3, 0.4) is 0 Å². The Kier molecular flexibility index (Phi) is 4.83. The molecule has 0 bridgehead atoms. The maximum atomic E-state index is 12.3. The highest BCUT2D eigenvalue weighted by Crippen LogP contribution is 2.32. The van der Waals surface area contributed by atoms with Gasteiger partial charge in [-0.1, -0.05) is 37.1 Å². The molecule has 1 aliphatic rings. The van der Waals surface area contributed by atoms with E-state index in [1.165, 1.54) is 0 Å². The van der Waals surface area contributed by atoms with Crippen LogP contribution in [0.4, 0.5) is 0 Å². The average molecular weight is 282 g/mol. The molecule has 1 aromatic carbocycles. The third-order valence-corrected chi connectivity index (χ3v) is 3.90.